The summed E-state index contributed by atoms with van der Waals surface area (Å²) >= 11 is 0. The Morgan fingerprint density at radius 2 is 0.765 bits per heavy atom. The second kappa shape index (κ2) is 15.1. The third kappa shape index (κ3) is 5.47. The number of para-hydroxylation sites is 5. The normalized spacial score (nSPS) is 14.2. The SMILES string of the molecule is c1ccc(N(c2ccc3c(c2)-c2ccccc2C32c3ccccc3-c3c2cc(N(c2ccccc2)c2ccccc2)c2ccccc32)c2ccc3c4ccccc4n(-c4ccccc4)c3c2)cc1. The molecule has 1 unspecified atom stereocenters. The van der Waals surface area contributed by atoms with Gasteiger partial charge in [-0.3, -0.25) is 0 Å². The number of aromatic nitrogens is 1. The Balaban J connectivity index is 1.02. The number of rotatable bonds is 7. The summed E-state index contributed by atoms with van der Waals surface area (Å²) in [5, 5.41) is 4.94. The van der Waals surface area contributed by atoms with Gasteiger partial charge < -0.3 is 14.4 Å². The van der Waals surface area contributed by atoms with Gasteiger partial charge in [-0.2, -0.15) is 0 Å². The topological polar surface area (TPSA) is 11.4 Å². The van der Waals surface area contributed by atoms with E-state index in [1.807, 2.05) is 0 Å². The van der Waals surface area contributed by atoms with Crippen molar-refractivity contribution in [3.05, 3.63) is 283 Å². The lowest BCUT2D eigenvalue weighted by Gasteiger charge is -2.33. The van der Waals surface area contributed by atoms with Gasteiger partial charge in [-0.25, -0.2) is 0 Å². The minimum absolute atomic E-state index is 0.568. The monoisotopic (exact) mass is 865 g/mol. The van der Waals surface area contributed by atoms with Crippen LogP contribution in [0.15, 0.2) is 261 Å². The molecule has 1 atom stereocenters. The molecule has 0 N–H and O–H groups in total. The van der Waals surface area contributed by atoms with E-state index in [0.717, 1.165) is 39.8 Å². The Morgan fingerprint density at radius 1 is 0.279 bits per heavy atom. The van der Waals surface area contributed by atoms with Crippen LogP contribution in [0.3, 0.4) is 0 Å². The molecule has 0 bridgehead atoms. The third-order valence-corrected chi connectivity index (χ3v) is 14.5. The molecule has 68 heavy (non-hydrogen) atoms. The molecule has 14 rings (SSSR count). The van der Waals surface area contributed by atoms with Crippen molar-refractivity contribution in [1.82, 2.24) is 4.57 Å². The zero-order chi connectivity index (χ0) is 44.8. The van der Waals surface area contributed by atoms with Crippen LogP contribution in [0, 0.1) is 0 Å². The van der Waals surface area contributed by atoms with Crippen molar-refractivity contribution in [2.45, 2.75) is 5.41 Å². The zero-order valence-corrected chi connectivity index (χ0v) is 37.2. The van der Waals surface area contributed by atoms with Crippen molar-refractivity contribution in [2.75, 3.05) is 9.80 Å². The minimum Gasteiger partial charge on any atom is -0.310 e. The summed E-state index contributed by atoms with van der Waals surface area (Å²) in [6.07, 6.45) is 0. The van der Waals surface area contributed by atoms with Crippen LogP contribution < -0.4 is 9.80 Å². The maximum Gasteiger partial charge on any atom is 0.0726 e. The van der Waals surface area contributed by atoms with Gasteiger partial charge in [0.2, 0.25) is 0 Å². The number of fused-ring (bicyclic) bond motifs is 15. The molecule has 0 saturated carbocycles. The molecule has 0 saturated heterocycles. The van der Waals surface area contributed by atoms with Gasteiger partial charge in [0.15, 0.2) is 0 Å². The summed E-state index contributed by atoms with van der Waals surface area (Å²) in [7, 11) is 0. The summed E-state index contributed by atoms with van der Waals surface area (Å²) in [6.45, 7) is 0. The molecule has 2 aliphatic rings. The first-order valence-corrected chi connectivity index (χ1v) is 23.5. The van der Waals surface area contributed by atoms with Crippen molar-refractivity contribution in [2.24, 2.45) is 0 Å². The van der Waals surface area contributed by atoms with E-state index in [1.54, 1.807) is 0 Å². The van der Waals surface area contributed by atoms with Crippen LogP contribution in [0.5, 0.6) is 0 Å². The lowest BCUT2D eigenvalue weighted by atomic mass is 9.70. The second-order valence-electron chi connectivity index (χ2n) is 18.0. The van der Waals surface area contributed by atoms with Crippen LogP contribution in [-0.4, -0.2) is 4.57 Å². The molecule has 1 heterocycles. The average molecular weight is 866 g/mol. The fraction of sp³-hybridized carbons (Fsp3) is 0.0154. The summed E-state index contributed by atoms with van der Waals surface area (Å²) in [5.74, 6) is 0. The van der Waals surface area contributed by atoms with E-state index in [4.69, 9.17) is 0 Å². The van der Waals surface area contributed by atoms with Gasteiger partial charge >= 0.3 is 0 Å². The fourth-order valence-corrected chi connectivity index (χ4v) is 11.9. The Morgan fingerprint density at radius 3 is 1.46 bits per heavy atom. The minimum atomic E-state index is -0.568. The highest BCUT2D eigenvalue weighted by Crippen LogP contribution is 2.65. The van der Waals surface area contributed by atoms with Crippen LogP contribution in [0.2, 0.25) is 0 Å². The van der Waals surface area contributed by atoms with Crippen LogP contribution in [-0.2, 0) is 5.41 Å². The second-order valence-corrected chi connectivity index (χ2v) is 18.0. The van der Waals surface area contributed by atoms with Gasteiger partial charge in [0, 0.05) is 50.3 Å². The quantitative estimate of drug-likeness (QED) is 0.158. The standard InChI is InChI=1S/C65H43N3/c1-5-21-44(22-6-1)66(49-37-39-53-51-30-17-20-36-61(51)68(62(53)42-49)47-27-11-4-12-28-47)48-38-40-59-56(41-48)50-29-15-18-34-57(50)65(59)58-35-19-16-33-55(58)64-54-32-14-13-31-52(54)63(43-60(64)65)67(45-23-7-2-8-24-45)46-25-9-3-10-26-46/h1-43H. The maximum atomic E-state index is 2.52. The molecule has 0 fully saturated rings. The molecule has 3 nitrogen and oxygen atoms in total. The van der Waals surface area contributed by atoms with Crippen LogP contribution in [0.25, 0.3) is 60.5 Å². The molecule has 3 heteroatoms. The Kier molecular flexibility index (Phi) is 8.50. The highest BCUT2D eigenvalue weighted by atomic mass is 15.2. The van der Waals surface area contributed by atoms with Gasteiger partial charge in [0.05, 0.1) is 22.1 Å². The molecule has 12 aromatic rings. The van der Waals surface area contributed by atoms with E-state index < -0.39 is 5.41 Å². The van der Waals surface area contributed by atoms with E-state index in [-0.39, 0.29) is 0 Å². The smallest absolute Gasteiger partial charge is 0.0726 e. The van der Waals surface area contributed by atoms with Crippen LogP contribution in [0.1, 0.15) is 22.3 Å². The molecule has 11 aromatic carbocycles. The summed E-state index contributed by atoms with van der Waals surface area (Å²) < 4.78 is 2.41. The lowest BCUT2D eigenvalue weighted by molar-refractivity contribution is 0.794. The number of hydrogen-bond acceptors (Lipinski definition) is 2. The summed E-state index contributed by atoms with van der Waals surface area (Å²) in [5.41, 5.74) is 20.0. The Hall–Kier alpha value is -8.92. The zero-order valence-electron chi connectivity index (χ0n) is 37.2. The van der Waals surface area contributed by atoms with Crippen molar-refractivity contribution >= 4 is 66.7 Å². The molecule has 318 valence electrons. The third-order valence-electron chi connectivity index (χ3n) is 14.5. The number of benzene rings is 11. The van der Waals surface area contributed by atoms with E-state index in [0.29, 0.717) is 0 Å². The van der Waals surface area contributed by atoms with E-state index in [1.165, 1.54) is 77.1 Å². The Bertz CT molecular complexity index is 3870. The molecule has 1 spiro atoms. The maximum absolute atomic E-state index is 2.52. The number of hydrogen-bond donors (Lipinski definition) is 0. The van der Waals surface area contributed by atoms with Gasteiger partial charge in [0.1, 0.15) is 0 Å². The molecular weight excluding hydrogens is 823 g/mol. The highest BCUT2D eigenvalue weighted by molar-refractivity contribution is 6.13. The van der Waals surface area contributed by atoms with Gasteiger partial charge in [-0.05, 0) is 135 Å². The van der Waals surface area contributed by atoms with Crippen LogP contribution >= 0.6 is 0 Å². The summed E-state index contributed by atoms with van der Waals surface area (Å²) in [6, 6.07) is 96.0. The number of nitrogens with zero attached hydrogens (tertiary/aromatic N) is 3. The van der Waals surface area contributed by atoms with Crippen molar-refractivity contribution < 1.29 is 0 Å². The summed E-state index contributed by atoms with van der Waals surface area (Å²) in [4.78, 5) is 4.87. The van der Waals surface area contributed by atoms with Gasteiger partial charge in [0.25, 0.3) is 0 Å². The van der Waals surface area contributed by atoms with Crippen molar-refractivity contribution in [3.8, 4) is 27.9 Å². The predicted molar refractivity (Wildman–Crippen MR) is 284 cm³/mol. The van der Waals surface area contributed by atoms with Gasteiger partial charge in [-0.15, -0.1) is 0 Å². The van der Waals surface area contributed by atoms with Crippen LogP contribution in [0.4, 0.5) is 34.1 Å². The largest absolute Gasteiger partial charge is 0.310 e. The molecule has 0 radical (unpaired) electrons. The molecule has 0 amide bonds. The molecule has 1 aromatic heterocycles. The molecular formula is C65H43N3. The van der Waals surface area contributed by atoms with Gasteiger partial charge in [-0.1, -0.05) is 176 Å². The first-order valence-electron chi connectivity index (χ1n) is 23.5. The van der Waals surface area contributed by atoms with Crippen molar-refractivity contribution in [1.29, 1.82) is 0 Å². The Labute approximate surface area is 395 Å². The first kappa shape index (κ1) is 38.4. The van der Waals surface area contributed by atoms with E-state index >= 15 is 0 Å². The highest BCUT2D eigenvalue weighted by Gasteiger charge is 2.52. The fourth-order valence-electron chi connectivity index (χ4n) is 11.9. The van der Waals surface area contributed by atoms with E-state index in [9.17, 15) is 0 Å². The molecule has 2 aliphatic carbocycles. The molecule has 0 aliphatic heterocycles. The number of anilines is 6. The predicted octanol–water partition coefficient (Wildman–Crippen LogP) is 17.2. The van der Waals surface area contributed by atoms with E-state index in [2.05, 4.69) is 275 Å². The van der Waals surface area contributed by atoms with Crippen molar-refractivity contribution in [3.63, 3.8) is 0 Å². The lowest BCUT2D eigenvalue weighted by Crippen LogP contribution is -2.26. The first-order chi connectivity index (χ1) is 33.8. The average Bonchev–Trinajstić information content (AvgIpc) is 4.01.